The predicted molar refractivity (Wildman–Crippen MR) is 115 cm³/mol. The molecule has 2 unspecified atom stereocenters. The summed E-state index contributed by atoms with van der Waals surface area (Å²) in [6.07, 6.45) is 2.50. The van der Waals surface area contributed by atoms with Gasteiger partial charge in [-0.3, -0.25) is 14.9 Å². The number of nitrogens with zero attached hydrogens (tertiary/aromatic N) is 2. The van der Waals surface area contributed by atoms with E-state index < -0.39 is 0 Å². The molecule has 6 heteroatoms. The largest absolute Gasteiger partial charge is 0.308 e. The van der Waals surface area contributed by atoms with Crippen LogP contribution in [0.1, 0.15) is 45.8 Å². The number of aromatic nitrogens is 1. The van der Waals surface area contributed by atoms with E-state index in [-0.39, 0.29) is 23.8 Å². The van der Waals surface area contributed by atoms with E-state index in [9.17, 15) is 9.59 Å². The zero-order valence-electron chi connectivity index (χ0n) is 16.1. The summed E-state index contributed by atoms with van der Waals surface area (Å²) in [6, 6.07) is 17.4. The fraction of sp³-hybridized carbons (Fsp3) is 0.261. The maximum atomic E-state index is 13.4. The van der Waals surface area contributed by atoms with Crippen LogP contribution in [0.25, 0.3) is 0 Å². The molecule has 5 rings (SSSR count). The first-order chi connectivity index (χ1) is 14.1. The van der Waals surface area contributed by atoms with E-state index >= 15 is 0 Å². The highest BCUT2D eigenvalue weighted by molar-refractivity contribution is 7.16. The Morgan fingerprint density at radius 1 is 1.10 bits per heavy atom. The van der Waals surface area contributed by atoms with Gasteiger partial charge in [0.1, 0.15) is 0 Å². The van der Waals surface area contributed by atoms with Gasteiger partial charge in [-0.05, 0) is 49.9 Å². The van der Waals surface area contributed by atoms with Crippen molar-refractivity contribution in [2.24, 2.45) is 0 Å². The number of thiazole rings is 1. The lowest BCUT2D eigenvalue weighted by molar-refractivity contribution is -0.120. The lowest BCUT2D eigenvalue weighted by Crippen LogP contribution is -2.38. The molecule has 29 heavy (non-hydrogen) atoms. The normalized spacial score (nSPS) is 19.7. The molecule has 2 aliphatic rings. The number of fused-ring (bicyclic) bond motifs is 2. The second kappa shape index (κ2) is 7.12. The van der Waals surface area contributed by atoms with Gasteiger partial charge < -0.3 is 4.90 Å². The molecule has 5 nitrogen and oxygen atoms in total. The first-order valence-corrected chi connectivity index (χ1v) is 10.7. The Labute approximate surface area is 173 Å². The van der Waals surface area contributed by atoms with E-state index in [1.807, 2.05) is 41.3 Å². The van der Waals surface area contributed by atoms with Gasteiger partial charge in [0.25, 0.3) is 5.91 Å². The van der Waals surface area contributed by atoms with E-state index in [4.69, 9.17) is 0 Å². The standard InChI is InChI=1S/C23H21N3O2S/c1-14-13-16-9-5-6-10-18(16)26(14)22(28)17-11-12-19-20(17)24-23(29-19)25-21(27)15-7-3-2-4-8-15/h2-10,14,17H,11-13H2,1H3,(H,24,25,27). The number of hydrogen-bond donors (Lipinski definition) is 1. The number of benzene rings is 2. The third-order valence-corrected chi connectivity index (χ3v) is 6.76. The summed E-state index contributed by atoms with van der Waals surface area (Å²) in [5, 5.41) is 3.45. The van der Waals surface area contributed by atoms with Crippen molar-refractivity contribution in [3.8, 4) is 0 Å². The zero-order valence-corrected chi connectivity index (χ0v) is 16.9. The Balaban J connectivity index is 1.38. The minimum Gasteiger partial charge on any atom is -0.308 e. The van der Waals surface area contributed by atoms with Crippen LogP contribution in [0.4, 0.5) is 10.8 Å². The van der Waals surface area contributed by atoms with Crippen LogP contribution in [0.5, 0.6) is 0 Å². The molecule has 146 valence electrons. The fourth-order valence-electron chi connectivity index (χ4n) is 4.35. The molecule has 0 radical (unpaired) electrons. The summed E-state index contributed by atoms with van der Waals surface area (Å²) < 4.78 is 0. The first kappa shape index (κ1) is 18.1. The smallest absolute Gasteiger partial charge is 0.257 e. The van der Waals surface area contributed by atoms with E-state index in [2.05, 4.69) is 23.3 Å². The molecule has 1 aliphatic heterocycles. The Hall–Kier alpha value is -2.99. The number of para-hydroxylation sites is 1. The van der Waals surface area contributed by atoms with E-state index in [0.717, 1.165) is 35.5 Å². The molecule has 1 aliphatic carbocycles. The lowest BCUT2D eigenvalue weighted by Gasteiger charge is -2.25. The quantitative estimate of drug-likeness (QED) is 0.705. The molecule has 3 aromatic rings. The van der Waals surface area contributed by atoms with Crippen molar-refractivity contribution in [2.45, 2.75) is 38.1 Å². The summed E-state index contributed by atoms with van der Waals surface area (Å²) in [6.45, 7) is 2.10. The SMILES string of the molecule is CC1Cc2ccccc2N1C(=O)C1CCc2sc(NC(=O)c3ccccc3)nc21. The molecule has 2 heterocycles. The van der Waals surface area contributed by atoms with Gasteiger partial charge in [0.2, 0.25) is 5.91 Å². The third-order valence-electron chi connectivity index (χ3n) is 5.72. The molecular formula is C23H21N3O2S. The number of carbonyl (C=O) groups is 2. The second-order valence-electron chi connectivity index (χ2n) is 7.63. The minimum atomic E-state index is -0.239. The van der Waals surface area contributed by atoms with E-state index in [0.29, 0.717) is 10.7 Å². The highest BCUT2D eigenvalue weighted by Crippen LogP contribution is 2.42. The van der Waals surface area contributed by atoms with Crippen LogP contribution in [0, 0.1) is 0 Å². The summed E-state index contributed by atoms with van der Waals surface area (Å²) >= 11 is 1.48. The Morgan fingerprint density at radius 3 is 2.69 bits per heavy atom. The predicted octanol–water partition coefficient (Wildman–Crippen LogP) is 4.40. The van der Waals surface area contributed by atoms with Gasteiger partial charge in [0.05, 0.1) is 11.6 Å². The van der Waals surface area contributed by atoms with Crippen molar-refractivity contribution in [3.63, 3.8) is 0 Å². The third kappa shape index (κ3) is 3.13. The number of anilines is 2. The molecule has 2 aromatic carbocycles. The minimum absolute atomic E-state index is 0.118. The van der Waals surface area contributed by atoms with Crippen molar-refractivity contribution in [1.82, 2.24) is 4.98 Å². The van der Waals surface area contributed by atoms with Gasteiger partial charge in [-0.2, -0.15) is 0 Å². The number of nitrogens with one attached hydrogen (secondary N) is 1. The van der Waals surface area contributed by atoms with Gasteiger partial charge in [0.15, 0.2) is 5.13 Å². The molecular weight excluding hydrogens is 382 g/mol. The van der Waals surface area contributed by atoms with Crippen molar-refractivity contribution >= 4 is 34.0 Å². The number of rotatable bonds is 3. The maximum Gasteiger partial charge on any atom is 0.257 e. The molecule has 2 amide bonds. The fourth-order valence-corrected chi connectivity index (χ4v) is 5.38. The van der Waals surface area contributed by atoms with E-state index in [1.54, 1.807) is 12.1 Å². The average Bonchev–Trinajstić information content (AvgIpc) is 3.39. The average molecular weight is 404 g/mol. The number of aryl methyl sites for hydroxylation is 1. The number of hydrogen-bond acceptors (Lipinski definition) is 4. The topological polar surface area (TPSA) is 62.3 Å². The van der Waals surface area contributed by atoms with Gasteiger partial charge in [-0.25, -0.2) is 4.98 Å². The lowest BCUT2D eigenvalue weighted by atomic mass is 10.0. The highest BCUT2D eigenvalue weighted by atomic mass is 32.1. The summed E-state index contributed by atoms with van der Waals surface area (Å²) in [7, 11) is 0. The summed E-state index contributed by atoms with van der Waals surface area (Å²) in [5.41, 5.74) is 3.67. The highest BCUT2D eigenvalue weighted by Gasteiger charge is 2.39. The van der Waals surface area contributed by atoms with Gasteiger partial charge in [-0.1, -0.05) is 36.4 Å². The van der Waals surface area contributed by atoms with Crippen LogP contribution in [0.15, 0.2) is 54.6 Å². The van der Waals surface area contributed by atoms with Gasteiger partial charge in [-0.15, -0.1) is 11.3 Å². The molecule has 1 N–H and O–H groups in total. The van der Waals surface area contributed by atoms with Crippen LogP contribution >= 0.6 is 11.3 Å². The molecule has 0 spiro atoms. The van der Waals surface area contributed by atoms with Crippen LogP contribution in [0.3, 0.4) is 0 Å². The molecule has 0 saturated heterocycles. The van der Waals surface area contributed by atoms with Crippen LogP contribution in [0.2, 0.25) is 0 Å². The molecule has 1 aromatic heterocycles. The van der Waals surface area contributed by atoms with E-state index in [1.165, 1.54) is 16.9 Å². The van der Waals surface area contributed by atoms with Crippen molar-refractivity contribution in [3.05, 3.63) is 76.3 Å². The zero-order chi connectivity index (χ0) is 20.0. The number of carbonyl (C=O) groups excluding carboxylic acids is 2. The van der Waals surface area contributed by atoms with Crippen molar-refractivity contribution < 1.29 is 9.59 Å². The summed E-state index contributed by atoms with van der Waals surface area (Å²) in [4.78, 5) is 33.6. The summed E-state index contributed by atoms with van der Waals surface area (Å²) in [5.74, 6) is -0.298. The Bertz CT molecular complexity index is 1090. The second-order valence-corrected chi connectivity index (χ2v) is 8.71. The maximum absolute atomic E-state index is 13.4. The van der Waals surface area contributed by atoms with Crippen LogP contribution in [-0.2, 0) is 17.6 Å². The Morgan fingerprint density at radius 2 is 1.86 bits per heavy atom. The van der Waals surface area contributed by atoms with Crippen LogP contribution < -0.4 is 10.2 Å². The van der Waals surface area contributed by atoms with Crippen LogP contribution in [-0.4, -0.2) is 22.8 Å². The number of amides is 2. The van der Waals surface area contributed by atoms with Crippen molar-refractivity contribution in [2.75, 3.05) is 10.2 Å². The molecule has 0 fully saturated rings. The molecule has 2 atom stereocenters. The monoisotopic (exact) mass is 403 g/mol. The van der Waals surface area contributed by atoms with Crippen molar-refractivity contribution in [1.29, 1.82) is 0 Å². The Kier molecular flexibility index (Phi) is 4.43. The first-order valence-electron chi connectivity index (χ1n) is 9.89. The molecule has 0 bridgehead atoms. The van der Waals surface area contributed by atoms with Gasteiger partial charge >= 0.3 is 0 Å². The molecule has 0 saturated carbocycles. The van der Waals surface area contributed by atoms with Gasteiger partial charge in [0, 0.05) is 22.2 Å².